The summed E-state index contributed by atoms with van der Waals surface area (Å²) in [5.74, 6) is -0.490. The fourth-order valence-electron chi connectivity index (χ4n) is 17.6. The van der Waals surface area contributed by atoms with Crippen LogP contribution in [0.1, 0.15) is 312 Å². The lowest BCUT2D eigenvalue weighted by Gasteiger charge is -2.36. The number of hydrogen-bond donors (Lipinski definition) is 0. The second-order valence-corrected chi connectivity index (χ2v) is 34.1. The molecule has 0 aliphatic carbocycles. The molecule has 24 heteroatoms. The van der Waals surface area contributed by atoms with Gasteiger partial charge in [0.25, 0.3) is 29.5 Å². The van der Waals surface area contributed by atoms with Crippen molar-refractivity contribution in [2.24, 2.45) is 0 Å². The number of nitrogens with zero attached hydrogens (tertiary/aromatic N) is 10. The first-order valence-electron chi connectivity index (χ1n) is 46.7. The monoisotopic (exact) mass is 1820 g/mol. The average Bonchev–Trinajstić information content (AvgIpc) is 1.09. The van der Waals surface area contributed by atoms with Crippen molar-refractivity contribution in [1.82, 2.24) is 24.5 Å². The minimum atomic E-state index is -0.156. The van der Waals surface area contributed by atoms with Crippen LogP contribution in [0, 0.1) is 0 Å². The van der Waals surface area contributed by atoms with Crippen LogP contribution in [-0.2, 0) is 51.9 Å². The summed E-state index contributed by atoms with van der Waals surface area (Å²) in [5, 5.41) is 0. The van der Waals surface area contributed by atoms with Gasteiger partial charge >= 0.3 is 0 Å². The summed E-state index contributed by atoms with van der Waals surface area (Å²) in [6.45, 7) is 59.4. The third kappa shape index (κ3) is 34.1. The standard InChI is InChI=1S/C22H35N2O2.C21H33N2O2.C20H33N2O.C19H29N2O2.C18H27N2O2.5ClH/c1-4-24(5-2,6-3)18-19-13-15-20(16-14-19)22(26)23-17-11-9-7-8-10-12-21(23)25;1-4-23(5-2,6-3)17-18-12-14-19(15-13-18)21(25)22-16-10-8-7-9-11-20(22)24;1-4-22(5-2,6-3)17-18-11-13-19(14-12-18)20(23)21-15-9-7-8-10-16-21;1-4-21(5-2,6-3)15-16-10-12-17(13-11-16)19(23)20-14-8-7-9-18(20)22;1-4-20(5-2,6-3)14-15-9-11-16(12-10-15)18(22)19-13-7-8-17(19)21;;;;;/h13-16H,4-12,17-18H2,1-3H3;12-15H,4-11,16-17H2,1-3H3;11-14H,4-10,15-17H2,1-3H3;10-13H,4-9,14-15H2,1-3H3;9-12H,4-8,13-14H2,1-3H3;5*1H/q5*+1;;;;;/p-5. The van der Waals surface area contributed by atoms with Gasteiger partial charge in [-0.05, 0) is 222 Å². The van der Waals surface area contributed by atoms with Crippen LogP contribution in [-0.4, -0.2) is 238 Å². The van der Waals surface area contributed by atoms with Gasteiger partial charge in [-0.1, -0.05) is 106 Å². The highest BCUT2D eigenvalue weighted by Gasteiger charge is 2.33. The van der Waals surface area contributed by atoms with Gasteiger partial charge in [-0.25, -0.2) is 0 Å². The van der Waals surface area contributed by atoms with Crippen molar-refractivity contribution < 1.29 is 128 Å². The third-order valence-electron chi connectivity index (χ3n) is 27.8. The van der Waals surface area contributed by atoms with Gasteiger partial charge in [-0.3, -0.25) is 62.8 Å². The van der Waals surface area contributed by atoms with Crippen LogP contribution in [0.2, 0.25) is 0 Å². The van der Waals surface area contributed by atoms with E-state index in [1.165, 1.54) is 60.3 Å². The zero-order valence-corrected chi connectivity index (χ0v) is 82.4. The van der Waals surface area contributed by atoms with Crippen LogP contribution < -0.4 is 62.0 Å². The van der Waals surface area contributed by atoms with Gasteiger partial charge in [0.2, 0.25) is 23.6 Å². The number of imide groups is 4. The number of hydrogen-bond acceptors (Lipinski definition) is 9. The number of quaternary nitrogens is 5. The maximum Gasteiger partial charge on any atom is 0.260 e. The Bertz CT molecular complexity index is 3900. The molecule has 5 saturated heterocycles. The highest BCUT2D eigenvalue weighted by molar-refractivity contribution is 6.07. The Morgan fingerprint density at radius 1 is 0.210 bits per heavy atom. The Hall–Kier alpha value is -6.62. The Morgan fingerprint density at radius 2 is 0.363 bits per heavy atom. The van der Waals surface area contributed by atoms with Gasteiger partial charge in [0.15, 0.2) is 0 Å². The van der Waals surface area contributed by atoms with Crippen LogP contribution >= 0.6 is 0 Å². The van der Waals surface area contributed by atoms with Crippen molar-refractivity contribution in [2.75, 3.05) is 137 Å². The van der Waals surface area contributed by atoms with Gasteiger partial charge < -0.3 is 89.4 Å². The molecule has 0 saturated carbocycles. The van der Waals surface area contributed by atoms with Crippen molar-refractivity contribution >= 4 is 53.2 Å². The summed E-state index contributed by atoms with van der Waals surface area (Å²) in [7, 11) is 0. The molecule has 5 fully saturated rings. The topological polar surface area (TPSA) is 170 Å². The summed E-state index contributed by atoms with van der Waals surface area (Å²) >= 11 is 0. The number of benzene rings is 5. The van der Waals surface area contributed by atoms with E-state index in [-0.39, 0.29) is 115 Å². The summed E-state index contributed by atoms with van der Waals surface area (Å²) in [6, 6.07) is 39.7. The van der Waals surface area contributed by atoms with Crippen molar-refractivity contribution in [3.8, 4) is 0 Å². The Labute approximate surface area is 779 Å². The van der Waals surface area contributed by atoms with Gasteiger partial charge in [0.05, 0.1) is 98.2 Å². The lowest BCUT2D eigenvalue weighted by Crippen LogP contribution is -3.00. The first kappa shape index (κ1) is 115. The molecule has 19 nitrogen and oxygen atoms in total. The number of halogens is 5. The predicted molar refractivity (Wildman–Crippen MR) is 483 cm³/mol. The first-order valence-corrected chi connectivity index (χ1v) is 46.7. The number of rotatable bonds is 30. The molecule has 0 N–H and O–H groups in total. The van der Waals surface area contributed by atoms with Gasteiger partial charge in [-0.15, -0.1) is 0 Å². The second kappa shape index (κ2) is 59.5. The summed E-state index contributed by atoms with van der Waals surface area (Å²) in [6.07, 6.45) is 18.5. The maximum atomic E-state index is 12.9. The molecule has 0 atom stereocenters. The van der Waals surface area contributed by atoms with Crippen molar-refractivity contribution in [2.45, 2.75) is 265 Å². The number of carbonyl (C=O) groups excluding carboxylic acids is 9. The molecule has 0 radical (unpaired) electrons. The second-order valence-electron chi connectivity index (χ2n) is 34.1. The molecule has 5 aromatic carbocycles. The smallest absolute Gasteiger partial charge is 0.260 e. The molecular weight excluding hydrogens is 1660 g/mol. The van der Waals surface area contributed by atoms with E-state index in [2.05, 4.69) is 140 Å². The van der Waals surface area contributed by atoms with E-state index in [9.17, 15) is 43.2 Å². The van der Waals surface area contributed by atoms with Crippen molar-refractivity contribution in [3.05, 3.63) is 177 Å². The van der Waals surface area contributed by atoms with Crippen LogP contribution in [0.4, 0.5) is 0 Å². The SMILES string of the molecule is CC[N+](CC)(CC)Cc1ccc(C(=O)N2CCCC2=O)cc1.CC[N+](CC)(CC)Cc1ccc(C(=O)N2CCCCC2=O)cc1.CC[N+](CC)(CC)Cc1ccc(C(=O)N2CCCCCC2)cc1.CC[N+](CC)(CC)Cc1ccc(C(=O)N2CCCCCCC2=O)cc1.CC[N+](CC)(CC)Cc1ccc(C(=O)N2CCCCCCCC2=O)cc1.[Cl-].[Cl-].[Cl-].[Cl-].[Cl-]. The fourth-order valence-corrected chi connectivity index (χ4v) is 17.6. The van der Waals surface area contributed by atoms with Gasteiger partial charge in [0.1, 0.15) is 32.7 Å². The minimum absolute atomic E-state index is 0. The van der Waals surface area contributed by atoms with Crippen LogP contribution in [0.15, 0.2) is 121 Å². The molecule has 0 aromatic heterocycles. The molecule has 5 aromatic rings. The number of carbonyl (C=O) groups is 9. The van der Waals surface area contributed by atoms with Gasteiger partial charge in [0, 0.05) is 121 Å². The average molecular weight is 1820 g/mol. The van der Waals surface area contributed by atoms with Crippen molar-refractivity contribution in [3.63, 3.8) is 0 Å². The molecule has 5 heterocycles. The van der Waals surface area contributed by atoms with E-state index in [1.807, 2.05) is 89.8 Å². The highest BCUT2D eigenvalue weighted by atomic mass is 35.5. The Morgan fingerprint density at radius 3 is 0.556 bits per heavy atom. The number of piperidine rings is 1. The molecule has 696 valence electrons. The molecular formula is C100H157Cl5N10O9. The van der Waals surface area contributed by atoms with E-state index in [1.54, 1.807) is 0 Å². The largest absolute Gasteiger partial charge is 1.00 e. The molecule has 5 aliphatic rings. The fraction of sp³-hybridized carbons (Fsp3) is 0.610. The molecule has 0 unspecified atom stereocenters. The van der Waals surface area contributed by atoms with Crippen LogP contribution in [0.25, 0.3) is 0 Å². The zero-order chi connectivity index (χ0) is 87.0. The van der Waals surface area contributed by atoms with E-state index >= 15 is 0 Å². The first-order chi connectivity index (χ1) is 57.3. The Kier molecular flexibility index (Phi) is 55.4. The van der Waals surface area contributed by atoms with Crippen LogP contribution in [0.3, 0.4) is 0 Å². The normalized spacial score (nSPS) is 15.5. The lowest BCUT2D eigenvalue weighted by atomic mass is 10.1. The van der Waals surface area contributed by atoms with E-state index < -0.39 is 0 Å². The molecule has 0 bridgehead atoms. The molecule has 5 aliphatic heterocycles. The summed E-state index contributed by atoms with van der Waals surface area (Å²) < 4.78 is 5.32. The quantitative estimate of drug-likeness (QED) is 0.0494. The predicted octanol–water partition coefficient (Wildman–Crippen LogP) is 3.52. The number of amides is 9. The van der Waals surface area contributed by atoms with E-state index in [0.29, 0.717) is 74.1 Å². The summed E-state index contributed by atoms with van der Waals surface area (Å²) in [4.78, 5) is 119. The summed E-state index contributed by atoms with van der Waals surface area (Å²) in [5.41, 5.74) is 9.66. The minimum Gasteiger partial charge on any atom is -1.00 e. The molecule has 124 heavy (non-hydrogen) atoms. The number of likely N-dealkylation sites (tertiary alicyclic amines) is 4. The molecule has 9 amide bonds. The van der Waals surface area contributed by atoms with Crippen LogP contribution in [0.5, 0.6) is 0 Å². The molecule has 0 spiro atoms. The lowest BCUT2D eigenvalue weighted by molar-refractivity contribution is -0.936. The Balaban J connectivity index is 0.000000768. The highest BCUT2D eigenvalue weighted by Crippen LogP contribution is 2.26. The maximum absolute atomic E-state index is 12.9. The van der Waals surface area contributed by atoms with E-state index in [4.69, 9.17) is 0 Å². The third-order valence-corrected chi connectivity index (χ3v) is 27.8. The van der Waals surface area contributed by atoms with E-state index in [0.717, 1.165) is 262 Å². The van der Waals surface area contributed by atoms with Crippen molar-refractivity contribution in [1.29, 1.82) is 0 Å². The molecule has 10 rings (SSSR count). The van der Waals surface area contributed by atoms with Gasteiger partial charge in [-0.2, -0.15) is 0 Å². The zero-order valence-electron chi connectivity index (χ0n) is 78.6.